The van der Waals surface area contributed by atoms with E-state index in [1.807, 2.05) is 16.3 Å². The fourth-order valence-electron chi connectivity index (χ4n) is 4.20. The highest BCUT2D eigenvalue weighted by Gasteiger charge is 2.35. The number of anilines is 1. The molecule has 3 N–H and O–H groups in total. The number of nitrogens with two attached hydrogens (primary N) is 1. The predicted octanol–water partition coefficient (Wildman–Crippen LogP) is 4.42. The second kappa shape index (κ2) is 7.95. The van der Waals surface area contributed by atoms with Crippen LogP contribution in [0.25, 0.3) is 10.8 Å². The first-order valence-corrected chi connectivity index (χ1v) is 10.8. The molecule has 0 spiro atoms. The molecular formula is C23H24N2O3S. The molecule has 0 amide bonds. The number of fused-ring (bicyclic) bond motifs is 2. The van der Waals surface area contributed by atoms with E-state index in [2.05, 4.69) is 49.4 Å². The standard InChI is InChI=1S/C22H22N2OS.CH2O2/c1-13-12-26-22-19(15-9-10-15)18(20(23)21(25)24(13)22)11-16-7-4-6-14-5-2-3-8-17(14)16;2-1-3/h2-8,13,15H,9-12,23H2,1H3;1H,(H,2,3). The predicted molar refractivity (Wildman–Crippen MR) is 118 cm³/mol. The first-order valence-electron chi connectivity index (χ1n) is 9.80. The van der Waals surface area contributed by atoms with Gasteiger partial charge in [-0.2, -0.15) is 0 Å². The van der Waals surface area contributed by atoms with Crippen molar-refractivity contribution in [2.45, 2.75) is 43.2 Å². The molecule has 2 aliphatic rings. The molecule has 5 nitrogen and oxygen atoms in total. The lowest BCUT2D eigenvalue weighted by molar-refractivity contribution is -0.122. The molecule has 2 heterocycles. The molecule has 0 radical (unpaired) electrons. The minimum Gasteiger partial charge on any atom is -0.483 e. The van der Waals surface area contributed by atoms with Gasteiger partial charge in [-0.1, -0.05) is 42.5 Å². The number of thioether (sulfide) groups is 1. The fourth-order valence-corrected chi connectivity index (χ4v) is 5.59. The van der Waals surface area contributed by atoms with Crippen LogP contribution in [-0.4, -0.2) is 21.9 Å². The number of hydrogen-bond acceptors (Lipinski definition) is 4. The summed E-state index contributed by atoms with van der Waals surface area (Å²) >= 11 is 1.83. The number of pyridine rings is 1. The second-order valence-corrected chi connectivity index (χ2v) is 8.65. The molecule has 6 heteroatoms. The van der Waals surface area contributed by atoms with Gasteiger partial charge in [0.05, 0.1) is 5.03 Å². The van der Waals surface area contributed by atoms with Crippen LogP contribution in [0.15, 0.2) is 52.3 Å². The lowest BCUT2D eigenvalue weighted by Crippen LogP contribution is -2.27. The van der Waals surface area contributed by atoms with Crippen molar-refractivity contribution in [3.63, 3.8) is 0 Å². The Hall–Kier alpha value is -2.73. The lowest BCUT2D eigenvalue weighted by Gasteiger charge is -2.19. The van der Waals surface area contributed by atoms with Gasteiger partial charge >= 0.3 is 0 Å². The molecule has 1 unspecified atom stereocenters. The molecule has 0 saturated heterocycles. The molecule has 3 aromatic rings. The van der Waals surface area contributed by atoms with Crippen LogP contribution in [0.1, 0.15) is 48.4 Å². The fraction of sp³-hybridized carbons (Fsp3) is 0.304. The maximum absolute atomic E-state index is 13.0. The molecule has 150 valence electrons. The summed E-state index contributed by atoms with van der Waals surface area (Å²) in [6.45, 7) is 1.87. The average Bonchev–Trinajstić information content (AvgIpc) is 3.49. The minimum absolute atomic E-state index is 0.00265. The van der Waals surface area contributed by atoms with Crippen LogP contribution in [0, 0.1) is 0 Å². The lowest BCUT2D eigenvalue weighted by atomic mass is 9.94. The van der Waals surface area contributed by atoms with Crippen LogP contribution >= 0.6 is 11.8 Å². The molecule has 1 saturated carbocycles. The summed E-state index contributed by atoms with van der Waals surface area (Å²) in [7, 11) is 0. The monoisotopic (exact) mass is 408 g/mol. The number of aromatic nitrogens is 1. The van der Waals surface area contributed by atoms with E-state index in [0.29, 0.717) is 11.6 Å². The van der Waals surface area contributed by atoms with Crippen molar-refractivity contribution < 1.29 is 9.90 Å². The van der Waals surface area contributed by atoms with Crippen molar-refractivity contribution in [2.75, 3.05) is 11.5 Å². The first-order chi connectivity index (χ1) is 14.1. The Morgan fingerprint density at radius 3 is 2.62 bits per heavy atom. The molecule has 1 fully saturated rings. The zero-order valence-corrected chi connectivity index (χ0v) is 17.1. The third kappa shape index (κ3) is 3.53. The molecule has 1 aliphatic carbocycles. The normalized spacial score (nSPS) is 17.5. The van der Waals surface area contributed by atoms with Crippen molar-refractivity contribution in [1.82, 2.24) is 4.57 Å². The van der Waals surface area contributed by atoms with E-state index in [1.165, 1.54) is 39.8 Å². The number of carboxylic acid groups (broad SMARTS) is 1. The van der Waals surface area contributed by atoms with Gasteiger partial charge in [-0.25, -0.2) is 0 Å². The van der Waals surface area contributed by atoms with Crippen LogP contribution in [-0.2, 0) is 11.2 Å². The van der Waals surface area contributed by atoms with Crippen LogP contribution in [0.4, 0.5) is 5.69 Å². The maximum atomic E-state index is 13.0. The van der Waals surface area contributed by atoms with Crippen molar-refractivity contribution in [3.8, 4) is 0 Å². The second-order valence-electron chi connectivity index (χ2n) is 7.64. The van der Waals surface area contributed by atoms with Crippen LogP contribution < -0.4 is 11.3 Å². The number of benzene rings is 2. The molecule has 5 rings (SSSR count). The van der Waals surface area contributed by atoms with Crippen molar-refractivity contribution in [2.24, 2.45) is 0 Å². The molecule has 2 aromatic carbocycles. The van der Waals surface area contributed by atoms with E-state index >= 15 is 0 Å². The van der Waals surface area contributed by atoms with Crippen molar-refractivity contribution in [1.29, 1.82) is 0 Å². The Labute approximate surface area is 173 Å². The molecule has 1 atom stereocenters. The first kappa shape index (κ1) is 19.6. The van der Waals surface area contributed by atoms with Crippen LogP contribution in [0.3, 0.4) is 0 Å². The smallest absolute Gasteiger partial charge is 0.290 e. The van der Waals surface area contributed by atoms with Crippen LogP contribution in [0.5, 0.6) is 0 Å². The van der Waals surface area contributed by atoms with Gasteiger partial charge in [0.15, 0.2) is 0 Å². The van der Waals surface area contributed by atoms with E-state index in [-0.39, 0.29) is 18.1 Å². The van der Waals surface area contributed by atoms with Gasteiger partial charge in [-0.3, -0.25) is 14.2 Å². The highest BCUT2D eigenvalue weighted by atomic mass is 32.2. The van der Waals surface area contributed by atoms with Crippen molar-refractivity contribution >= 4 is 34.7 Å². The Morgan fingerprint density at radius 2 is 1.90 bits per heavy atom. The van der Waals surface area contributed by atoms with Gasteiger partial charge in [-0.15, -0.1) is 11.8 Å². The minimum atomic E-state index is -0.250. The number of hydrogen-bond donors (Lipinski definition) is 2. The summed E-state index contributed by atoms with van der Waals surface area (Å²) in [6, 6.07) is 15.1. The van der Waals surface area contributed by atoms with Gasteiger partial charge in [0.25, 0.3) is 12.0 Å². The Morgan fingerprint density at radius 1 is 1.21 bits per heavy atom. The zero-order chi connectivity index (χ0) is 20.5. The number of nitrogens with zero attached hydrogens (tertiary/aromatic N) is 1. The molecule has 0 bridgehead atoms. The number of nitrogen functional groups attached to an aromatic ring is 1. The van der Waals surface area contributed by atoms with Crippen molar-refractivity contribution in [3.05, 3.63) is 69.5 Å². The summed E-state index contributed by atoms with van der Waals surface area (Å²) in [4.78, 5) is 21.3. The van der Waals surface area contributed by atoms with E-state index in [4.69, 9.17) is 15.6 Å². The average molecular weight is 409 g/mol. The third-order valence-corrected chi connectivity index (χ3v) is 7.02. The van der Waals surface area contributed by atoms with Crippen LogP contribution in [0.2, 0.25) is 0 Å². The summed E-state index contributed by atoms with van der Waals surface area (Å²) in [5.74, 6) is 1.54. The molecular weight excluding hydrogens is 384 g/mol. The van der Waals surface area contributed by atoms with E-state index in [1.54, 1.807) is 0 Å². The topological polar surface area (TPSA) is 85.3 Å². The highest BCUT2D eigenvalue weighted by molar-refractivity contribution is 7.99. The third-order valence-electron chi connectivity index (χ3n) is 5.68. The van der Waals surface area contributed by atoms with Gasteiger partial charge in [0.2, 0.25) is 0 Å². The van der Waals surface area contributed by atoms with E-state index in [0.717, 1.165) is 17.7 Å². The molecule has 29 heavy (non-hydrogen) atoms. The van der Waals surface area contributed by atoms with Gasteiger partial charge in [0.1, 0.15) is 5.69 Å². The summed E-state index contributed by atoms with van der Waals surface area (Å²) in [5, 5.41) is 10.5. The molecule has 1 aromatic heterocycles. The summed E-state index contributed by atoms with van der Waals surface area (Å²) < 4.78 is 1.94. The van der Waals surface area contributed by atoms with Gasteiger partial charge < -0.3 is 10.8 Å². The van der Waals surface area contributed by atoms with Gasteiger partial charge in [0, 0.05) is 18.2 Å². The van der Waals surface area contributed by atoms with Gasteiger partial charge in [-0.05, 0) is 53.1 Å². The van der Waals surface area contributed by atoms with E-state index < -0.39 is 0 Å². The largest absolute Gasteiger partial charge is 0.483 e. The molecule has 1 aliphatic heterocycles. The maximum Gasteiger partial charge on any atom is 0.290 e. The zero-order valence-electron chi connectivity index (χ0n) is 16.3. The summed E-state index contributed by atoms with van der Waals surface area (Å²) in [6.07, 6.45) is 3.15. The highest BCUT2D eigenvalue weighted by Crippen LogP contribution is 2.49. The Bertz CT molecular complexity index is 1130. The Balaban J connectivity index is 0.000000645. The van der Waals surface area contributed by atoms with E-state index in [9.17, 15) is 4.79 Å². The SMILES string of the molecule is CC1CSc2c(C3CC3)c(Cc3cccc4ccccc34)c(N)c(=O)n21.O=CO. The summed E-state index contributed by atoms with van der Waals surface area (Å²) in [5.41, 5.74) is 10.6. The number of rotatable bonds is 3. The Kier molecular flexibility index (Phi) is 5.37. The quantitative estimate of drug-likeness (QED) is 0.627. The number of carbonyl (C=O) groups is 1.